The Hall–Kier alpha value is -0.860. The smallest absolute Gasteiger partial charge is 0.0929 e. The van der Waals surface area contributed by atoms with Crippen LogP contribution >= 0.6 is 0 Å². The molecule has 1 saturated carbocycles. The highest BCUT2D eigenvalue weighted by Crippen LogP contribution is 2.48. The van der Waals surface area contributed by atoms with Gasteiger partial charge in [0.25, 0.3) is 0 Å². The van der Waals surface area contributed by atoms with Crippen LogP contribution < -0.4 is 0 Å². The van der Waals surface area contributed by atoms with Crippen molar-refractivity contribution in [2.45, 2.75) is 37.7 Å². The van der Waals surface area contributed by atoms with E-state index >= 15 is 0 Å². The Morgan fingerprint density at radius 1 is 1.25 bits per heavy atom. The Balaban J connectivity index is 2.23. The lowest BCUT2D eigenvalue weighted by Gasteiger charge is -2.23. The summed E-state index contributed by atoms with van der Waals surface area (Å²) in [6.45, 7) is 4.26. The van der Waals surface area contributed by atoms with Crippen LogP contribution in [0, 0.1) is 0 Å². The van der Waals surface area contributed by atoms with Gasteiger partial charge in [-0.15, -0.1) is 0 Å². The molecule has 0 radical (unpaired) electrons. The van der Waals surface area contributed by atoms with E-state index < -0.39 is 0 Å². The summed E-state index contributed by atoms with van der Waals surface area (Å²) in [6.07, 6.45) is 2.23. The minimum absolute atomic E-state index is 0.0120. The van der Waals surface area contributed by atoms with Crippen molar-refractivity contribution in [1.82, 2.24) is 0 Å². The Morgan fingerprint density at radius 3 is 2.19 bits per heavy atom. The van der Waals surface area contributed by atoms with E-state index in [-0.39, 0.29) is 17.6 Å². The first-order valence-corrected chi connectivity index (χ1v) is 5.81. The minimum atomic E-state index is -0.164. The average Bonchev–Trinajstić information content (AvgIpc) is 3.10. The average molecular weight is 220 g/mol. The molecule has 0 aromatic heterocycles. The number of aliphatic hydroxyl groups excluding tert-OH is 1. The maximum Gasteiger partial charge on any atom is 0.0929 e. The third-order valence-electron chi connectivity index (χ3n) is 3.68. The predicted octanol–water partition coefficient (Wildman–Crippen LogP) is 2.59. The van der Waals surface area contributed by atoms with Crippen LogP contribution in [0.25, 0.3) is 0 Å². The van der Waals surface area contributed by atoms with Gasteiger partial charge in [0.1, 0.15) is 0 Å². The van der Waals surface area contributed by atoms with Crippen LogP contribution in [0.3, 0.4) is 0 Å². The highest BCUT2D eigenvalue weighted by Gasteiger charge is 2.44. The lowest BCUT2D eigenvalue weighted by molar-refractivity contribution is 0.0789. The molecule has 1 N–H and O–H groups in total. The summed E-state index contributed by atoms with van der Waals surface area (Å²) in [5, 5.41) is 9.31. The van der Waals surface area contributed by atoms with E-state index in [9.17, 15) is 5.11 Å². The van der Waals surface area contributed by atoms with Gasteiger partial charge in [-0.25, -0.2) is 0 Å². The Kier molecular flexibility index (Phi) is 2.81. The lowest BCUT2D eigenvalue weighted by Crippen LogP contribution is -2.22. The molecule has 1 aromatic carbocycles. The summed E-state index contributed by atoms with van der Waals surface area (Å²) < 4.78 is 5.54. The molecule has 0 heterocycles. The lowest BCUT2D eigenvalue weighted by atomic mass is 9.85. The fraction of sp³-hybridized carbons (Fsp3) is 0.571. The van der Waals surface area contributed by atoms with Crippen LogP contribution in [0.15, 0.2) is 24.3 Å². The quantitative estimate of drug-likeness (QED) is 0.845. The third kappa shape index (κ3) is 1.87. The minimum Gasteiger partial charge on any atom is -0.395 e. The summed E-state index contributed by atoms with van der Waals surface area (Å²) in [4.78, 5) is 0. The monoisotopic (exact) mass is 220 g/mol. The fourth-order valence-electron chi connectivity index (χ4n) is 2.04. The van der Waals surface area contributed by atoms with Crippen molar-refractivity contribution in [1.29, 1.82) is 0 Å². The van der Waals surface area contributed by atoms with Crippen molar-refractivity contribution in [2.24, 2.45) is 0 Å². The van der Waals surface area contributed by atoms with Crippen LogP contribution in [0.5, 0.6) is 0 Å². The molecule has 2 nitrogen and oxygen atoms in total. The van der Waals surface area contributed by atoms with E-state index in [1.54, 1.807) is 7.11 Å². The van der Waals surface area contributed by atoms with Crippen LogP contribution in [0.1, 0.15) is 37.8 Å². The van der Waals surface area contributed by atoms with Gasteiger partial charge in [0.15, 0.2) is 0 Å². The molecule has 2 rings (SSSR count). The highest BCUT2D eigenvalue weighted by molar-refractivity contribution is 5.34. The first-order chi connectivity index (χ1) is 7.54. The number of aliphatic hydroxyl groups is 1. The van der Waals surface area contributed by atoms with Crippen LogP contribution in [-0.2, 0) is 15.8 Å². The van der Waals surface area contributed by atoms with Crippen molar-refractivity contribution in [3.63, 3.8) is 0 Å². The van der Waals surface area contributed by atoms with E-state index in [2.05, 4.69) is 24.3 Å². The normalized spacial score (nSPS) is 18.5. The Morgan fingerprint density at radius 2 is 1.81 bits per heavy atom. The Bertz CT molecular complexity index is 336. The molecule has 2 heteroatoms. The molecule has 0 amide bonds. The fourth-order valence-corrected chi connectivity index (χ4v) is 2.04. The van der Waals surface area contributed by atoms with Crippen LogP contribution in [0.2, 0.25) is 0 Å². The number of ether oxygens (including phenoxy) is 1. The van der Waals surface area contributed by atoms with Gasteiger partial charge >= 0.3 is 0 Å². The summed E-state index contributed by atoms with van der Waals surface area (Å²) in [7, 11) is 1.78. The molecule has 16 heavy (non-hydrogen) atoms. The summed E-state index contributed by atoms with van der Waals surface area (Å²) >= 11 is 0. The molecule has 1 aromatic rings. The highest BCUT2D eigenvalue weighted by atomic mass is 16.5. The predicted molar refractivity (Wildman–Crippen MR) is 64.5 cm³/mol. The zero-order chi connectivity index (χ0) is 11.8. The van der Waals surface area contributed by atoms with Gasteiger partial charge in [-0.1, -0.05) is 38.1 Å². The van der Waals surface area contributed by atoms with Crippen LogP contribution in [-0.4, -0.2) is 18.8 Å². The molecule has 1 aliphatic carbocycles. The number of methoxy groups -OCH3 is 1. The second kappa shape index (κ2) is 3.86. The molecule has 0 bridgehead atoms. The SMILES string of the molecule is COC1(c2ccc(C(C)(C)CO)cc2)CC1. The molecule has 1 fully saturated rings. The van der Waals surface area contributed by atoms with Gasteiger partial charge in [-0.2, -0.15) is 0 Å². The topological polar surface area (TPSA) is 29.5 Å². The molecule has 0 saturated heterocycles. The zero-order valence-electron chi connectivity index (χ0n) is 10.3. The van der Waals surface area contributed by atoms with E-state index in [0.717, 1.165) is 12.8 Å². The molecular weight excluding hydrogens is 200 g/mol. The van der Waals surface area contributed by atoms with Crippen LogP contribution in [0.4, 0.5) is 0 Å². The number of hydrogen-bond donors (Lipinski definition) is 1. The van der Waals surface area contributed by atoms with Gasteiger partial charge < -0.3 is 9.84 Å². The number of rotatable bonds is 4. The van der Waals surface area contributed by atoms with Crippen molar-refractivity contribution in [2.75, 3.05) is 13.7 Å². The molecule has 0 aliphatic heterocycles. The maximum atomic E-state index is 9.31. The molecular formula is C14H20O2. The van der Waals surface area contributed by atoms with Crippen molar-refractivity contribution >= 4 is 0 Å². The summed E-state index contributed by atoms with van der Waals surface area (Å²) in [6, 6.07) is 8.46. The number of hydrogen-bond acceptors (Lipinski definition) is 2. The number of benzene rings is 1. The van der Waals surface area contributed by atoms with E-state index in [1.807, 2.05) is 13.8 Å². The van der Waals surface area contributed by atoms with Crippen molar-refractivity contribution in [3.8, 4) is 0 Å². The largest absolute Gasteiger partial charge is 0.395 e. The second-order valence-electron chi connectivity index (χ2n) is 5.32. The first kappa shape index (κ1) is 11.6. The summed E-state index contributed by atoms with van der Waals surface area (Å²) in [5.41, 5.74) is 2.25. The van der Waals surface area contributed by atoms with Gasteiger partial charge in [0, 0.05) is 12.5 Å². The zero-order valence-corrected chi connectivity index (χ0v) is 10.3. The molecule has 88 valence electrons. The van der Waals surface area contributed by atoms with Gasteiger partial charge in [0.2, 0.25) is 0 Å². The molecule has 0 atom stereocenters. The first-order valence-electron chi connectivity index (χ1n) is 5.81. The Labute approximate surface area is 97.3 Å². The van der Waals surface area contributed by atoms with E-state index in [4.69, 9.17) is 4.74 Å². The van der Waals surface area contributed by atoms with E-state index in [1.165, 1.54) is 11.1 Å². The van der Waals surface area contributed by atoms with Gasteiger partial charge in [-0.05, 0) is 24.0 Å². The van der Waals surface area contributed by atoms with Crippen molar-refractivity contribution < 1.29 is 9.84 Å². The van der Waals surface area contributed by atoms with Gasteiger partial charge in [-0.3, -0.25) is 0 Å². The molecule has 0 spiro atoms. The standard InChI is InChI=1S/C14H20O2/c1-13(2,10-15)11-4-6-12(7-5-11)14(16-3)8-9-14/h4-7,15H,8-10H2,1-3H3. The second-order valence-corrected chi connectivity index (χ2v) is 5.32. The third-order valence-corrected chi connectivity index (χ3v) is 3.68. The van der Waals surface area contributed by atoms with Gasteiger partial charge in [0.05, 0.1) is 12.2 Å². The summed E-state index contributed by atoms with van der Waals surface area (Å²) in [5.74, 6) is 0. The maximum absolute atomic E-state index is 9.31. The molecule has 0 unspecified atom stereocenters. The van der Waals surface area contributed by atoms with Crippen molar-refractivity contribution in [3.05, 3.63) is 35.4 Å². The van der Waals surface area contributed by atoms with E-state index in [0.29, 0.717) is 0 Å². The molecule has 1 aliphatic rings.